The van der Waals surface area contributed by atoms with Crippen LogP contribution in [0.5, 0.6) is 0 Å². The van der Waals surface area contributed by atoms with E-state index in [1.807, 2.05) is 0 Å². The first-order valence-corrected chi connectivity index (χ1v) is 15.1. The van der Waals surface area contributed by atoms with Crippen LogP contribution in [0.25, 0.3) is 22.3 Å². The van der Waals surface area contributed by atoms with Gasteiger partial charge in [0.15, 0.2) is 41.3 Å². The lowest BCUT2D eigenvalue weighted by molar-refractivity contribution is -0.0493. The molecule has 0 saturated carbocycles. The van der Waals surface area contributed by atoms with Crippen LogP contribution in [0.4, 0.5) is 16.2 Å². The number of hydrogen-bond acceptors (Lipinski definition) is 16. The zero-order valence-corrected chi connectivity index (χ0v) is 23.7. The van der Waals surface area contributed by atoms with Crippen molar-refractivity contribution in [3.05, 3.63) is 29.3 Å². The van der Waals surface area contributed by atoms with Crippen molar-refractivity contribution in [1.82, 2.24) is 39.0 Å². The topological polar surface area (TPSA) is 280 Å². The summed E-state index contributed by atoms with van der Waals surface area (Å²) in [5.41, 5.74) is 11.2. The van der Waals surface area contributed by atoms with Crippen molar-refractivity contribution in [2.75, 3.05) is 24.7 Å². The average molecular weight is 646 g/mol. The molecule has 9 atom stereocenters. The first-order chi connectivity index (χ1) is 20.6. The first-order valence-electron chi connectivity index (χ1n) is 12.6. The van der Waals surface area contributed by atoms with Crippen molar-refractivity contribution in [2.45, 2.75) is 49.5 Å². The molecule has 4 aromatic rings. The van der Waals surface area contributed by atoms with Crippen LogP contribution >= 0.6 is 16.5 Å². The van der Waals surface area contributed by atoms with Crippen molar-refractivity contribution in [2.24, 2.45) is 0 Å². The van der Waals surface area contributed by atoms with Crippen molar-refractivity contribution in [3.63, 3.8) is 0 Å². The summed E-state index contributed by atoms with van der Waals surface area (Å²) >= 11 is 0. The number of nitrogens with two attached hydrogens (primary N) is 2. The summed E-state index contributed by atoms with van der Waals surface area (Å²) in [4.78, 5) is 43.5. The molecule has 0 amide bonds. The zero-order valence-electron chi connectivity index (χ0n) is 21.7. The van der Waals surface area contributed by atoms with Crippen LogP contribution in [0.3, 0.4) is 0 Å². The Morgan fingerprint density at radius 1 is 1.05 bits per heavy atom. The van der Waals surface area contributed by atoms with E-state index in [0.29, 0.717) is 11.2 Å². The Balaban J connectivity index is 1.12. The van der Waals surface area contributed by atoms with Gasteiger partial charge in [0.2, 0.25) is 5.95 Å². The third-order valence-corrected chi connectivity index (χ3v) is 8.09. The number of alkyl halides is 1. The Morgan fingerprint density at radius 2 is 1.79 bits per heavy atom. The van der Waals surface area contributed by atoms with Gasteiger partial charge in [-0.05, 0) is 0 Å². The van der Waals surface area contributed by atoms with Crippen LogP contribution in [-0.2, 0) is 32.2 Å². The predicted molar refractivity (Wildman–Crippen MR) is 143 cm³/mol. The van der Waals surface area contributed by atoms with Gasteiger partial charge in [-0.15, -0.1) is 0 Å². The Kier molecular flexibility index (Phi) is 8.24. The maximum absolute atomic E-state index is 15.7. The maximum atomic E-state index is 15.7. The highest BCUT2D eigenvalue weighted by atomic mass is 31.1. The van der Waals surface area contributed by atoms with Crippen molar-refractivity contribution in [3.8, 4) is 0 Å². The standard InChI is InChI=1S/C20H25FN10O10P2/c21-10-13(9(3-37-42(34)35)40-19(10)31-6-27-12-16(31)28-20(23)29-17(12)33)41-43(36)38-2-7-1-8(32)18(39-7)30-5-26-11-14(22)24-4-25-15(11)30/h4-10,13,18-19,32,42-43H,1-3H2,(H,34,35)(H2,22,24,25)(H3,23,28,29,33)/t7-,8+,9+,10+,13+,18+,19+/m0/s1. The summed E-state index contributed by atoms with van der Waals surface area (Å²) in [5.74, 6) is -0.0978. The molecule has 43 heavy (non-hydrogen) atoms. The van der Waals surface area contributed by atoms with E-state index in [1.54, 1.807) is 0 Å². The first kappa shape index (κ1) is 29.7. The molecule has 2 unspecified atom stereocenters. The lowest BCUT2D eigenvalue weighted by atomic mass is 10.1. The second kappa shape index (κ2) is 11.9. The van der Waals surface area contributed by atoms with Gasteiger partial charge in [0, 0.05) is 6.42 Å². The third-order valence-electron chi connectivity index (χ3n) is 6.81. The minimum atomic E-state index is -3.44. The number of aliphatic hydroxyl groups is 1. The Hall–Kier alpha value is -3.39. The smallest absolute Gasteiger partial charge is 0.319 e. The Bertz CT molecular complexity index is 1750. The van der Waals surface area contributed by atoms with E-state index in [4.69, 9.17) is 39.4 Å². The highest BCUT2D eigenvalue weighted by Crippen LogP contribution is 2.42. The van der Waals surface area contributed by atoms with E-state index in [-0.39, 0.29) is 36.0 Å². The number of nitrogens with one attached hydrogen (secondary N) is 1. The number of nitrogens with zero attached hydrogens (tertiary/aromatic N) is 7. The van der Waals surface area contributed by atoms with Gasteiger partial charge < -0.3 is 44.5 Å². The lowest BCUT2D eigenvalue weighted by Crippen LogP contribution is -2.32. The molecule has 20 nitrogen and oxygen atoms in total. The SMILES string of the molecule is Nc1nc2c(ncn2[C@@H]2O[C@H](CO[PH](=O)O)[C@@H](O[PH](=O)OC[C@@H]3C[C@@H](O)[C@H](n4cnc5c(N)ncnc54)O3)[C@H]2F)c(=O)[nH]1. The van der Waals surface area contributed by atoms with Crippen LogP contribution in [-0.4, -0.2) is 92.8 Å². The summed E-state index contributed by atoms with van der Waals surface area (Å²) < 4.78 is 69.2. The van der Waals surface area contributed by atoms with Gasteiger partial charge in [-0.3, -0.25) is 28.0 Å². The number of halogens is 1. The number of hydrogen-bond donors (Lipinski definition) is 5. The summed E-state index contributed by atoms with van der Waals surface area (Å²) in [7, 11) is -6.86. The molecule has 0 aliphatic carbocycles. The third kappa shape index (κ3) is 5.78. The van der Waals surface area contributed by atoms with Gasteiger partial charge >= 0.3 is 16.5 Å². The normalized spacial score (nSPS) is 29.0. The van der Waals surface area contributed by atoms with Crippen LogP contribution < -0.4 is 17.0 Å². The van der Waals surface area contributed by atoms with Gasteiger partial charge in [0.05, 0.1) is 32.0 Å². The molecule has 2 fully saturated rings. The van der Waals surface area contributed by atoms with Crippen LogP contribution in [0, 0.1) is 0 Å². The Morgan fingerprint density at radius 3 is 2.56 bits per heavy atom. The van der Waals surface area contributed by atoms with Crippen molar-refractivity contribution in [1.29, 1.82) is 0 Å². The molecular weight excluding hydrogens is 621 g/mol. The minimum Gasteiger partial charge on any atom is -0.388 e. The van der Waals surface area contributed by atoms with E-state index in [1.165, 1.54) is 17.2 Å². The molecule has 7 N–H and O–H groups in total. The molecule has 0 radical (unpaired) electrons. The van der Waals surface area contributed by atoms with E-state index in [2.05, 4.69) is 29.9 Å². The summed E-state index contributed by atoms with van der Waals surface area (Å²) in [6.07, 6.45) is -5.31. The number of imidazole rings is 2. The van der Waals surface area contributed by atoms with Crippen LogP contribution in [0.1, 0.15) is 18.9 Å². The monoisotopic (exact) mass is 646 g/mol. The quantitative estimate of drug-likeness (QED) is 0.132. The maximum Gasteiger partial charge on any atom is 0.319 e. The minimum absolute atomic E-state index is 0.0879. The van der Waals surface area contributed by atoms with E-state index in [0.717, 1.165) is 10.9 Å². The fourth-order valence-corrected chi connectivity index (χ4v) is 6.13. The molecule has 232 valence electrons. The molecular formula is C20H25FN10O10P2. The van der Waals surface area contributed by atoms with Gasteiger partial charge in [-0.1, -0.05) is 0 Å². The molecule has 0 aromatic carbocycles. The second-order valence-corrected chi connectivity index (χ2v) is 11.4. The second-order valence-electron chi connectivity index (χ2n) is 9.54. The number of rotatable bonds is 10. The average Bonchev–Trinajstić information content (AvgIpc) is 3.72. The van der Waals surface area contributed by atoms with Gasteiger partial charge in [-0.2, -0.15) is 4.98 Å². The van der Waals surface area contributed by atoms with Crippen LogP contribution in [0.2, 0.25) is 0 Å². The number of aromatic amines is 1. The van der Waals surface area contributed by atoms with Gasteiger partial charge in [0.25, 0.3) is 5.56 Å². The van der Waals surface area contributed by atoms with E-state index in [9.17, 15) is 19.0 Å². The highest BCUT2D eigenvalue weighted by molar-refractivity contribution is 7.33. The molecule has 0 spiro atoms. The fourth-order valence-electron chi connectivity index (χ4n) is 4.93. The number of ether oxygens (including phenoxy) is 2. The molecule has 0 bridgehead atoms. The van der Waals surface area contributed by atoms with Gasteiger partial charge in [0.1, 0.15) is 30.2 Å². The fraction of sp³-hybridized carbons (Fsp3) is 0.500. The number of nitrogen functional groups attached to an aromatic ring is 2. The molecule has 2 aliphatic heterocycles. The van der Waals surface area contributed by atoms with Gasteiger partial charge in [-0.25, -0.2) is 24.3 Å². The van der Waals surface area contributed by atoms with E-state index >= 15 is 4.39 Å². The number of aromatic nitrogens is 8. The summed E-state index contributed by atoms with van der Waals surface area (Å²) in [6, 6.07) is 0. The zero-order chi connectivity index (χ0) is 30.4. The van der Waals surface area contributed by atoms with Crippen molar-refractivity contribution >= 4 is 50.6 Å². The number of H-pyrrole nitrogens is 1. The predicted octanol–water partition coefficient (Wildman–Crippen LogP) is -0.802. The van der Waals surface area contributed by atoms with Crippen molar-refractivity contribution < 1.29 is 46.6 Å². The summed E-state index contributed by atoms with van der Waals surface area (Å²) in [5, 5.41) is 10.6. The molecule has 2 aliphatic rings. The molecule has 2 saturated heterocycles. The highest BCUT2D eigenvalue weighted by Gasteiger charge is 2.49. The molecule has 6 heterocycles. The Labute approximate surface area is 240 Å². The number of anilines is 2. The summed E-state index contributed by atoms with van der Waals surface area (Å²) in [6.45, 7) is -0.896. The molecule has 6 rings (SSSR count). The van der Waals surface area contributed by atoms with E-state index < -0.39 is 71.7 Å². The number of fused-ring (bicyclic) bond motifs is 2. The van der Waals surface area contributed by atoms with Crippen LogP contribution in [0.15, 0.2) is 23.8 Å². The number of aliphatic hydroxyl groups excluding tert-OH is 1. The molecule has 23 heteroatoms. The lowest BCUT2D eigenvalue weighted by Gasteiger charge is -2.20. The molecule has 4 aromatic heterocycles. The largest absolute Gasteiger partial charge is 0.388 e.